The van der Waals surface area contributed by atoms with Crippen LogP contribution in [0.15, 0.2) is 54.6 Å². The number of aromatic nitrogens is 4. The second-order valence-electron chi connectivity index (χ2n) is 11.1. The summed E-state index contributed by atoms with van der Waals surface area (Å²) in [5.41, 5.74) is 9.69. The maximum atomic E-state index is 13.3. The van der Waals surface area contributed by atoms with Crippen molar-refractivity contribution >= 4 is 39.6 Å². The Hall–Kier alpha value is -4.91. The Balaban J connectivity index is 1.32. The standard InChI is InChI=1S/C30H28N8O2/c1-3-22-23(19-12-18-6-4-5-7-21(18)33-13-19)24-25(31)34-16-35-26(24)38(22)30-10-8-29(15-30,9-11-30)36-27(39)20-14-32-17-37(2)28(20)40/h1,4-7,12-14,16,32H,8-11,15,17H2,2H3,(H,36,39)(H2,31,34,35). The summed E-state index contributed by atoms with van der Waals surface area (Å²) in [7, 11) is 1.67. The van der Waals surface area contributed by atoms with Crippen molar-refractivity contribution in [3.05, 3.63) is 60.3 Å². The van der Waals surface area contributed by atoms with Crippen LogP contribution >= 0.6 is 0 Å². The summed E-state index contributed by atoms with van der Waals surface area (Å²) in [5, 5.41) is 7.92. The molecular formula is C30H28N8O2. The quantitative estimate of drug-likeness (QED) is 0.272. The zero-order valence-electron chi connectivity index (χ0n) is 22.1. The first-order valence-electron chi connectivity index (χ1n) is 13.3. The summed E-state index contributed by atoms with van der Waals surface area (Å²) in [6.45, 7) is 0.374. The van der Waals surface area contributed by atoms with Crippen molar-refractivity contribution in [1.82, 2.24) is 35.1 Å². The van der Waals surface area contributed by atoms with Gasteiger partial charge in [0.1, 0.15) is 29.1 Å². The highest BCUT2D eigenvalue weighted by Gasteiger charge is 2.57. The fourth-order valence-electron chi connectivity index (χ4n) is 6.97. The fraction of sp³-hybridized carbons (Fsp3) is 0.300. The Morgan fingerprint density at radius 3 is 2.77 bits per heavy atom. The molecule has 0 radical (unpaired) electrons. The minimum atomic E-state index is -0.445. The highest BCUT2D eigenvalue weighted by atomic mass is 16.2. The average molecular weight is 533 g/mol. The van der Waals surface area contributed by atoms with E-state index in [0.717, 1.165) is 47.7 Å². The van der Waals surface area contributed by atoms with E-state index in [2.05, 4.69) is 37.2 Å². The van der Waals surface area contributed by atoms with Crippen LogP contribution in [0.3, 0.4) is 0 Å². The molecule has 0 saturated heterocycles. The van der Waals surface area contributed by atoms with Crippen LogP contribution in [0.5, 0.6) is 0 Å². The summed E-state index contributed by atoms with van der Waals surface area (Å²) in [5.74, 6) is 2.66. The van der Waals surface area contributed by atoms with Gasteiger partial charge in [0.05, 0.1) is 17.6 Å². The normalized spacial score (nSPS) is 23.8. The van der Waals surface area contributed by atoms with E-state index in [4.69, 9.17) is 17.1 Å². The van der Waals surface area contributed by atoms with Crippen LogP contribution in [0.4, 0.5) is 5.82 Å². The van der Waals surface area contributed by atoms with Gasteiger partial charge in [0.25, 0.3) is 11.8 Å². The number of benzene rings is 1. The van der Waals surface area contributed by atoms with E-state index in [1.165, 1.54) is 17.4 Å². The summed E-state index contributed by atoms with van der Waals surface area (Å²) >= 11 is 0. The van der Waals surface area contributed by atoms with Crippen LogP contribution in [0.25, 0.3) is 33.1 Å². The molecule has 2 amide bonds. The van der Waals surface area contributed by atoms with Crippen LogP contribution in [0, 0.1) is 12.3 Å². The van der Waals surface area contributed by atoms with Crippen molar-refractivity contribution < 1.29 is 9.59 Å². The van der Waals surface area contributed by atoms with E-state index < -0.39 is 5.54 Å². The third kappa shape index (κ3) is 3.40. The van der Waals surface area contributed by atoms with Crippen molar-refractivity contribution in [1.29, 1.82) is 0 Å². The van der Waals surface area contributed by atoms with Gasteiger partial charge >= 0.3 is 0 Å². The predicted molar refractivity (Wildman–Crippen MR) is 151 cm³/mol. The number of nitrogens with one attached hydrogen (secondary N) is 2. The van der Waals surface area contributed by atoms with Gasteiger partial charge in [0.2, 0.25) is 0 Å². The minimum Gasteiger partial charge on any atom is -0.383 e. The lowest BCUT2D eigenvalue weighted by Gasteiger charge is -2.31. The lowest BCUT2D eigenvalue weighted by molar-refractivity contribution is -0.130. The molecule has 200 valence electrons. The molecule has 4 N–H and O–H groups in total. The number of nitrogen functional groups attached to an aromatic ring is 1. The lowest BCUT2D eigenvalue weighted by Crippen LogP contribution is -2.50. The fourth-order valence-corrected chi connectivity index (χ4v) is 6.97. The summed E-state index contributed by atoms with van der Waals surface area (Å²) in [4.78, 5) is 41.0. The molecule has 3 aliphatic rings. The number of nitrogens with zero attached hydrogens (tertiary/aromatic N) is 5. The summed E-state index contributed by atoms with van der Waals surface area (Å²) in [6.07, 6.45) is 14.8. The van der Waals surface area contributed by atoms with Gasteiger partial charge < -0.3 is 25.8 Å². The van der Waals surface area contributed by atoms with Gasteiger partial charge in [-0.2, -0.15) is 0 Å². The van der Waals surface area contributed by atoms with Gasteiger partial charge in [-0.1, -0.05) is 24.1 Å². The average Bonchev–Trinajstić information content (AvgIpc) is 3.63. The second kappa shape index (κ2) is 8.55. The van der Waals surface area contributed by atoms with Crippen molar-refractivity contribution in [2.75, 3.05) is 19.5 Å². The first-order chi connectivity index (χ1) is 19.3. The maximum Gasteiger partial charge on any atom is 0.262 e. The Kier molecular flexibility index (Phi) is 5.16. The van der Waals surface area contributed by atoms with Gasteiger partial charge in [-0.15, -0.1) is 6.42 Å². The molecule has 2 fully saturated rings. The number of likely N-dealkylation sites (N-methyl/N-ethyl adjacent to an activating group) is 1. The van der Waals surface area contributed by atoms with Gasteiger partial charge in [0.15, 0.2) is 0 Å². The van der Waals surface area contributed by atoms with Crippen molar-refractivity contribution in [2.24, 2.45) is 0 Å². The highest BCUT2D eigenvalue weighted by Crippen LogP contribution is 2.57. The third-order valence-electron chi connectivity index (χ3n) is 8.85. The molecule has 2 aliphatic carbocycles. The molecule has 0 spiro atoms. The number of pyridine rings is 1. The van der Waals surface area contributed by atoms with Crippen molar-refractivity contribution in [2.45, 2.75) is 43.2 Å². The number of amides is 2. The topological polar surface area (TPSA) is 131 Å². The molecule has 4 aromatic rings. The van der Waals surface area contributed by atoms with Crippen LogP contribution in [0.2, 0.25) is 0 Å². The first kappa shape index (κ1) is 24.2. The van der Waals surface area contributed by atoms with E-state index in [0.29, 0.717) is 35.6 Å². The zero-order valence-corrected chi connectivity index (χ0v) is 22.1. The Morgan fingerprint density at radius 1 is 1.18 bits per heavy atom. The number of hydrogen-bond acceptors (Lipinski definition) is 7. The molecular weight excluding hydrogens is 504 g/mol. The molecule has 10 nitrogen and oxygen atoms in total. The molecule has 0 atom stereocenters. The largest absolute Gasteiger partial charge is 0.383 e. The number of terminal acetylenes is 1. The van der Waals surface area contributed by atoms with Crippen LogP contribution < -0.4 is 16.4 Å². The molecule has 0 unspecified atom stereocenters. The number of carbonyl (C=O) groups excluding carboxylic acids is 2. The van der Waals surface area contributed by atoms with E-state index in [1.807, 2.05) is 30.5 Å². The SMILES string of the molecule is C#Cc1c(-c2cnc3ccccc3c2)c2c(N)ncnc2n1C12CCC(NC(=O)C3=CNCN(C)C3=O)(CC1)C2. The van der Waals surface area contributed by atoms with Gasteiger partial charge in [-0.3, -0.25) is 14.6 Å². The number of carbonyl (C=O) groups is 2. The Morgan fingerprint density at radius 2 is 1.98 bits per heavy atom. The van der Waals surface area contributed by atoms with E-state index in [9.17, 15) is 9.59 Å². The molecule has 2 saturated carbocycles. The summed E-state index contributed by atoms with van der Waals surface area (Å²) < 4.78 is 2.16. The maximum absolute atomic E-state index is 13.3. The lowest BCUT2D eigenvalue weighted by atomic mass is 9.90. The summed E-state index contributed by atoms with van der Waals surface area (Å²) in [6, 6.07) is 9.99. The predicted octanol–water partition coefficient (Wildman–Crippen LogP) is 2.64. The molecule has 2 bridgehead atoms. The third-order valence-corrected chi connectivity index (χ3v) is 8.85. The van der Waals surface area contributed by atoms with E-state index in [-0.39, 0.29) is 22.9 Å². The molecule has 1 aromatic carbocycles. The number of rotatable bonds is 4. The molecule has 1 aliphatic heterocycles. The number of anilines is 1. The monoisotopic (exact) mass is 532 g/mol. The van der Waals surface area contributed by atoms with Gasteiger partial charge in [-0.05, 0) is 44.2 Å². The minimum absolute atomic E-state index is 0.120. The van der Waals surface area contributed by atoms with Crippen LogP contribution in [-0.2, 0) is 15.1 Å². The highest BCUT2D eigenvalue weighted by molar-refractivity contribution is 6.18. The number of nitrogens with two attached hydrogens (primary N) is 1. The van der Waals surface area contributed by atoms with E-state index >= 15 is 0 Å². The molecule has 4 heterocycles. The first-order valence-corrected chi connectivity index (χ1v) is 13.3. The zero-order chi connectivity index (χ0) is 27.6. The number of fused-ring (bicyclic) bond motifs is 4. The van der Waals surface area contributed by atoms with Crippen LogP contribution in [0.1, 0.15) is 37.8 Å². The molecule has 10 heteroatoms. The number of para-hydroxylation sites is 1. The number of hydrogen-bond donors (Lipinski definition) is 3. The second-order valence-corrected chi connectivity index (χ2v) is 11.1. The van der Waals surface area contributed by atoms with E-state index in [1.54, 1.807) is 7.05 Å². The Bertz CT molecular complexity index is 1810. The van der Waals surface area contributed by atoms with Crippen LogP contribution in [-0.4, -0.2) is 55.5 Å². The van der Waals surface area contributed by atoms with Gasteiger partial charge in [-0.25, -0.2) is 9.97 Å². The van der Waals surface area contributed by atoms with Gasteiger partial charge in [0, 0.05) is 47.0 Å². The molecule has 3 aromatic heterocycles. The smallest absolute Gasteiger partial charge is 0.262 e. The molecule has 40 heavy (non-hydrogen) atoms. The van der Waals surface area contributed by atoms with Crippen molar-refractivity contribution in [3.63, 3.8) is 0 Å². The van der Waals surface area contributed by atoms with Crippen molar-refractivity contribution in [3.8, 4) is 23.5 Å². The molecule has 7 rings (SSSR count). The Labute approximate surface area is 230 Å².